The standard InChI is InChI=1S/C10H9NO5S/c11-9(10(12)13)17(14,15)8-5-6-3-1-2-4-7(6)16-8/h1-5,9H,11H2,(H,12,13). The van der Waals surface area contributed by atoms with Crippen LogP contribution in [0, 0.1) is 0 Å². The number of rotatable bonds is 3. The van der Waals surface area contributed by atoms with Crippen molar-refractivity contribution in [1.82, 2.24) is 0 Å². The molecule has 0 bridgehead atoms. The van der Waals surface area contributed by atoms with E-state index < -0.39 is 26.3 Å². The first-order valence-electron chi connectivity index (χ1n) is 4.64. The molecule has 1 heterocycles. The molecule has 3 N–H and O–H groups in total. The summed E-state index contributed by atoms with van der Waals surface area (Å²) in [6, 6.07) is 7.89. The van der Waals surface area contributed by atoms with Gasteiger partial charge in [-0.1, -0.05) is 18.2 Å². The monoisotopic (exact) mass is 255 g/mol. The smallest absolute Gasteiger partial charge is 0.336 e. The molecular weight excluding hydrogens is 246 g/mol. The number of furan rings is 1. The van der Waals surface area contributed by atoms with E-state index in [4.69, 9.17) is 15.3 Å². The van der Waals surface area contributed by atoms with E-state index in [9.17, 15) is 13.2 Å². The van der Waals surface area contributed by atoms with Gasteiger partial charge in [0.2, 0.25) is 20.3 Å². The zero-order chi connectivity index (χ0) is 12.6. The van der Waals surface area contributed by atoms with Crippen LogP contribution in [0.3, 0.4) is 0 Å². The largest absolute Gasteiger partial charge is 0.479 e. The second-order valence-electron chi connectivity index (χ2n) is 3.41. The number of carboxylic acids is 1. The lowest BCUT2D eigenvalue weighted by molar-refractivity contribution is -0.136. The van der Waals surface area contributed by atoms with Crippen LogP contribution in [-0.2, 0) is 14.6 Å². The number of carbonyl (C=O) groups is 1. The summed E-state index contributed by atoms with van der Waals surface area (Å²) < 4.78 is 28.6. The van der Waals surface area contributed by atoms with Gasteiger partial charge in [-0.15, -0.1) is 0 Å². The highest BCUT2D eigenvalue weighted by Gasteiger charge is 2.33. The van der Waals surface area contributed by atoms with Crippen molar-refractivity contribution in [1.29, 1.82) is 0 Å². The SMILES string of the molecule is NC(C(=O)O)S(=O)(=O)c1cc2ccccc2o1. The maximum absolute atomic E-state index is 11.7. The molecule has 1 aromatic heterocycles. The van der Waals surface area contributed by atoms with E-state index in [0.29, 0.717) is 11.0 Å². The lowest BCUT2D eigenvalue weighted by atomic mass is 10.3. The number of hydrogen-bond acceptors (Lipinski definition) is 5. The number of benzene rings is 1. The van der Waals surface area contributed by atoms with Crippen molar-refractivity contribution in [3.8, 4) is 0 Å². The van der Waals surface area contributed by atoms with Crippen molar-refractivity contribution in [2.75, 3.05) is 0 Å². The van der Waals surface area contributed by atoms with Crippen LogP contribution in [0.1, 0.15) is 0 Å². The van der Waals surface area contributed by atoms with Crippen molar-refractivity contribution in [2.24, 2.45) is 5.73 Å². The molecule has 0 amide bonds. The molecule has 1 atom stereocenters. The quantitative estimate of drug-likeness (QED) is 0.829. The van der Waals surface area contributed by atoms with Gasteiger partial charge < -0.3 is 15.3 Å². The van der Waals surface area contributed by atoms with Crippen LogP contribution >= 0.6 is 0 Å². The molecule has 1 unspecified atom stereocenters. The molecule has 17 heavy (non-hydrogen) atoms. The van der Waals surface area contributed by atoms with Gasteiger partial charge in [-0.2, -0.15) is 0 Å². The Hall–Kier alpha value is -1.86. The predicted molar refractivity (Wildman–Crippen MR) is 59.0 cm³/mol. The molecule has 0 fully saturated rings. The summed E-state index contributed by atoms with van der Waals surface area (Å²) in [5, 5.41) is 6.72. The highest BCUT2D eigenvalue weighted by atomic mass is 32.2. The third-order valence-electron chi connectivity index (χ3n) is 2.26. The third-order valence-corrected chi connectivity index (χ3v) is 3.89. The fourth-order valence-corrected chi connectivity index (χ4v) is 2.37. The van der Waals surface area contributed by atoms with E-state index in [-0.39, 0.29) is 0 Å². The Morgan fingerprint density at radius 2 is 2.00 bits per heavy atom. The lowest BCUT2D eigenvalue weighted by Crippen LogP contribution is -2.38. The molecule has 0 saturated carbocycles. The Labute approximate surface area is 96.6 Å². The van der Waals surface area contributed by atoms with Crippen molar-refractivity contribution < 1.29 is 22.7 Å². The minimum atomic E-state index is -4.19. The van der Waals surface area contributed by atoms with E-state index in [1.165, 1.54) is 6.07 Å². The minimum Gasteiger partial charge on any atom is -0.479 e. The lowest BCUT2D eigenvalue weighted by Gasteiger charge is -2.04. The van der Waals surface area contributed by atoms with Gasteiger partial charge in [0, 0.05) is 11.5 Å². The van der Waals surface area contributed by atoms with Crippen molar-refractivity contribution >= 4 is 26.8 Å². The molecule has 90 valence electrons. The average molecular weight is 255 g/mol. The topological polar surface area (TPSA) is 111 Å². The molecule has 1 aromatic carbocycles. The van der Waals surface area contributed by atoms with E-state index in [2.05, 4.69) is 0 Å². The van der Waals surface area contributed by atoms with Crippen molar-refractivity contribution in [3.63, 3.8) is 0 Å². The number of nitrogens with two attached hydrogens (primary N) is 1. The second-order valence-corrected chi connectivity index (χ2v) is 5.41. The third kappa shape index (κ3) is 1.90. The molecule has 0 aliphatic heterocycles. The molecule has 0 aliphatic rings. The van der Waals surface area contributed by atoms with Crippen molar-refractivity contribution in [3.05, 3.63) is 30.3 Å². The van der Waals surface area contributed by atoms with Crippen LogP contribution < -0.4 is 5.73 Å². The fraction of sp³-hybridized carbons (Fsp3) is 0.100. The van der Waals surface area contributed by atoms with Gasteiger partial charge in [0.15, 0.2) is 0 Å². The normalized spacial score (nSPS) is 13.7. The summed E-state index contributed by atoms with van der Waals surface area (Å²) in [7, 11) is -4.19. The number of hydrogen-bond donors (Lipinski definition) is 2. The maximum Gasteiger partial charge on any atom is 0.336 e. The van der Waals surface area contributed by atoms with Gasteiger partial charge in [-0.25, -0.2) is 13.2 Å². The molecule has 2 aromatic rings. The molecule has 7 heteroatoms. The first kappa shape index (κ1) is 11.6. The zero-order valence-corrected chi connectivity index (χ0v) is 9.35. The first-order valence-corrected chi connectivity index (χ1v) is 6.18. The molecule has 0 spiro atoms. The Morgan fingerprint density at radius 3 is 2.59 bits per heavy atom. The Balaban J connectivity index is 2.57. The van der Waals surface area contributed by atoms with Gasteiger partial charge in [0.25, 0.3) is 0 Å². The van der Waals surface area contributed by atoms with Gasteiger partial charge in [-0.3, -0.25) is 0 Å². The number of aliphatic carboxylic acids is 1. The van der Waals surface area contributed by atoms with Crippen LogP contribution in [0.15, 0.2) is 39.8 Å². The van der Waals surface area contributed by atoms with Crippen LogP contribution in [0.25, 0.3) is 11.0 Å². The highest BCUT2D eigenvalue weighted by Crippen LogP contribution is 2.24. The minimum absolute atomic E-state index is 0.365. The summed E-state index contributed by atoms with van der Waals surface area (Å²) in [6.07, 6.45) is 0. The van der Waals surface area contributed by atoms with E-state index in [1.54, 1.807) is 24.3 Å². The Morgan fingerprint density at radius 1 is 1.35 bits per heavy atom. The molecular formula is C10H9NO5S. The number of para-hydroxylation sites is 1. The Kier molecular flexibility index (Phi) is 2.64. The van der Waals surface area contributed by atoms with Crippen LogP contribution in [0.5, 0.6) is 0 Å². The van der Waals surface area contributed by atoms with E-state index >= 15 is 0 Å². The van der Waals surface area contributed by atoms with Crippen LogP contribution in [0.2, 0.25) is 0 Å². The second kappa shape index (κ2) is 3.86. The van der Waals surface area contributed by atoms with Crippen LogP contribution in [0.4, 0.5) is 0 Å². The summed E-state index contributed by atoms with van der Waals surface area (Å²) >= 11 is 0. The van der Waals surface area contributed by atoms with E-state index in [1.807, 2.05) is 0 Å². The number of fused-ring (bicyclic) bond motifs is 1. The summed E-state index contributed by atoms with van der Waals surface area (Å²) in [4.78, 5) is 10.6. The zero-order valence-electron chi connectivity index (χ0n) is 8.53. The molecule has 0 radical (unpaired) electrons. The predicted octanol–water partition coefficient (Wildman–Crippen LogP) is 0.576. The molecule has 0 saturated heterocycles. The highest BCUT2D eigenvalue weighted by molar-refractivity contribution is 7.92. The van der Waals surface area contributed by atoms with E-state index in [0.717, 1.165) is 0 Å². The maximum atomic E-state index is 11.7. The average Bonchev–Trinajstić information content (AvgIpc) is 2.71. The number of sulfone groups is 1. The molecule has 2 rings (SSSR count). The van der Waals surface area contributed by atoms with Gasteiger partial charge in [-0.05, 0) is 6.07 Å². The van der Waals surface area contributed by atoms with Gasteiger partial charge >= 0.3 is 5.97 Å². The summed E-state index contributed by atoms with van der Waals surface area (Å²) in [5.74, 6) is -1.62. The van der Waals surface area contributed by atoms with Crippen molar-refractivity contribution in [2.45, 2.75) is 10.5 Å². The molecule has 0 aliphatic carbocycles. The van der Waals surface area contributed by atoms with Gasteiger partial charge in [0.05, 0.1) is 0 Å². The van der Waals surface area contributed by atoms with Gasteiger partial charge in [0.1, 0.15) is 5.58 Å². The summed E-state index contributed by atoms with van der Waals surface area (Å²) in [6.45, 7) is 0. The fourth-order valence-electron chi connectivity index (χ4n) is 1.36. The Bertz CT molecular complexity index is 640. The summed E-state index contributed by atoms with van der Waals surface area (Å²) in [5.41, 5.74) is 5.47. The number of carboxylic acid groups (broad SMARTS) is 1. The first-order chi connectivity index (χ1) is 7.93. The molecule has 6 nitrogen and oxygen atoms in total. The van der Waals surface area contributed by atoms with Crippen LogP contribution in [-0.4, -0.2) is 24.9 Å².